The minimum Gasteiger partial charge on any atom is -0.383 e. The molecule has 0 fully saturated rings. The Hall–Kier alpha value is -1.62. The first-order valence-electron chi connectivity index (χ1n) is 4.67. The van der Waals surface area contributed by atoms with Gasteiger partial charge in [0.15, 0.2) is 5.60 Å². The Balaban J connectivity index is 2.26. The van der Waals surface area contributed by atoms with Crippen LogP contribution in [0.4, 0.5) is 5.69 Å². The predicted molar refractivity (Wildman–Crippen MR) is 59.4 cm³/mol. The van der Waals surface area contributed by atoms with Crippen LogP contribution in [0, 0.1) is 10.1 Å². The zero-order chi connectivity index (χ0) is 11.8. The van der Waals surface area contributed by atoms with Gasteiger partial charge in [-0.2, -0.15) is 0 Å². The molecule has 0 saturated heterocycles. The summed E-state index contributed by atoms with van der Waals surface area (Å²) >= 11 is 5.74. The summed E-state index contributed by atoms with van der Waals surface area (Å²) < 4.78 is 0. The molecule has 0 aromatic heterocycles. The molecule has 0 radical (unpaired) electrons. The second kappa shape index (κ2) is 3.75. The molecule has 0 saturated carbocycles. The molecule has 1 unspecified atom stereocenters. The van der Waals surface area contributed by atoms with Gasteiger partial charge in [0.25, 0.3) is 5.69 Å². The minimum atomic E-state index is -0.619. The lowest BCUT2D eigenvalue weighted by molar-refractivity contribution is -0.384. The summed E-state index contributed by atoms with van der Waals surface area (Å²) in [5, 5.41) is 14.6. The lowest BCUT2D eigenvalue weighted by Gasteiger charge is -2.21. The Kier molecular flexibility index (Phi) is 2.55. The van der Waals surface area contributed by atoms with Gasteiger partial charge >= 0.3 is 0 Å². The second-order valence-electron chi connectivity index (χ2n) is 3.77. The molecule has 1 aliphatic heterocycles. The van der Waals surface area contributed by atoms with Crippen molar-refractivity contribution in [3.05, 3.63) is 39.9 Å². The van der Waals surface area contributed by atoms with E-state index < -0.39 is 10.5 Å². The van der Waals surface area contributed by atoms with Crippen LogP contribution in [0.1, 0.15) is 18.9 Å². The van der Waals surface area contributed by atoms with E-state index in [2.05, 4.69) is 5.16 Å². The van der Waals surface area contributed by atoms with Gasteiger partial charge in [-0.25, -0.2) is 0 Å². The average molecular weight is 241 g/mol. The molecule has 1 heterocycles. The highest BCUT2D eigenvalue weighted by Gasteiger charge is 2.35. The number of nitrogens with zero attached hydrogens (tertiary/aromatic N) is 2. The van der Waals surface area contributed by atoms with Gasteiger partial charge in [0.2, 0.25) is 0 Å². The summed E-state index contributed by atoms with van der Waals surface area (Å²) in [6.07, 6.45) is 0.479. The fourth-order valence-electron chi connectivity index (χ4n) is 1.58. The van der Waals surface area contributed by atoms with Gasteiger partial charge in [-0.15, -0.1) is 0 Å². The van der Waals surface area contributed by atoms with Crippen LogP contribution in [-0.4, -0.2) is 10.1 Å². The average Bonchev–Trinajstić information content (AvgIpc) is 2.60. The molecular formula is C10H9ClN2O3. The Morgan fingerprint density at radius 2 is 2.12 bits per heavy atom. The summed E-state index contributed by atoms with van der Waals surface area (Å²) in [7, 11) is 0. The van der Waals surface area contributed by atoms with Crippen molar-refractivity contribution in [3.8, 4) is 0 Å². The Labute approximate surface area is 96.8 Å². The topological polar surface area (TPSA) is 64.7 Å². The van der Waals surface area contributed by atoms with Gasteiger partial charge in [0.05, 0.1) is 11.3 Å². The fraction of sp³-hybridized carbons (Fsp3) is 0.300. The molecule has 0 N–H and O–H groups in total. The van der Waals surface area contributed by atoms with E-state index in [1.807, 2.05) is 6.92 Å². The van der Waals surface area contributed by atoms with Crippen molar-refractivity contribution in [3.63, 3.8) is 0 Å². The van der Waals surface area contributed by atoms with E-state index in [1.54, 1.807) is 12.1 Å². The van der Waals surface area contributed by atoms with Gasteiger partial charge in [0, 0.05) is 12.1 Å². The number of nitro groups is 1. The zero-order valence-electron chi connectivity index (χ0n) is 8.51. The summed E-state index contributed by atoms with van der Waals surface area (Å²) in [6.45, 7) is 1.84. The van der Waals surface area contributed by atoms with E-state index in [4.69, 9.17) is 16.4 Å². The van der Waals surface area contributed by atoms with E-state index in [9.17, 15) is 10.1 Å². The van der Waals surface area contributed by atoms with E-state index in [-0.39, 0.29) is 5.69 Å². The van der Waals surface area contributed by atoms with Crippen molar-refractivity contribution in [1.82, 2.24) is 0 Å². The molecule has 1 atom stereocenters. The van der Waals surface area contributed by atoms with Gasteiger partial charge in [-0.1, -0.05) is 16.8 Å². The SMILES string of the molecule is CC1(c2ccc([N+](=O)[O-])cc2)CC(Cl)=NO1. The van der Waals surface area contributed by atoms with Crippen LogP contribution in [-0.2, 0) is 10.4 Å². The first-order valence-corrected chi connectivity index (χ1v) is 5.04. The Morgan fingerprint density at radius 1 is 1.50 bits per heavy atom. The molecule has 84 valence electrons. The molecule has 0 amide bonds. The normalized spacial score (nSPS) is 23.8. The Morgan fingerprint density at radius 3 is 2.56 bits per heavy atom. The van der Waals surface area contributed by atoms with Crippen LogP contribution in [0.5, 0.6) is 0 Å². The van der Waals surface area contributed by atoms with E-state index >= 15 is 0 Å². The van der Waals surface area contributed by atoms with Crippen molar-refractivity contribution in [2.24, 2.45) is 5.16 Å². The van der Waals surface area contributed by atoms with Crippen molar-refractivity contribution in [1.29, 1.82) is 0 Å². The molecule has 6 heteroatoms. The first-order chi connectivity index (χ1) is 7.51. The van der Waals surface area contributed by atoms with Crippen molar-refractivity contribution < 1.29 is 9.76 Å². The lowest BCUT2D eigenvalue weighted by Crippen LogP contribution is -2.20. The minimum absolute atomic E-state index is 0.0531. The lowest BCUT2D eigenvalue weighted by atomic mass is 9.93. The maximum Gasteiger partial charge on any atom is 0.269 e. The monoisotopic (exact) mass is 240 g/mol. The third-order valence-electron chi connectivity index (χ3n) is 2.52. The standard InChI is InChI=1S/C10H9ClN2O3/c1-10(6-9(11)12-16-10)7-2-4-8(5-3-7)13(14)15/h2-5H,6H2,1H3. The van der Waals surface area contributed by atoms with Crippen LogP contribution in [0.25, 0.3) is 0 Å². The van der Waals surface area contributed by atoms with Gasteiger partial charge in [-0.3, -0.25) is 10.1 Å². The summed E-state index contributed by atoms with van der Waals surface area (Å²) in [5.74, 6) is 0. The molecule has 5 nitrogen and oxygen atoms in total. The highest BCUT2D eigenvalue weighted by Crippen LogP contribution is 2.35. The predicted octanol–water partition coefficient (Wildman–Crippen LogP) is 2.78. The molecule has 1 aromatic carbocycles. The fourth-order valence-corrected chi connectivity index (χ4v) is 1.87. The Bertz CT molecular complexity index is 458. The zero-order valence-corrected chi connectivity index (χ0v) is 9.27. The molecule has 2 rings (SSSR count). The van der Waals surface area contributed by atoms with E-state index in [0.717, 1.165) is 5.56 Å². The maximum absolute atomic E-state index is 10.5. The molecule has 0 bridgehead atoms. The largest absolute Gasteiger partial charge is 0.383 e. The second-order valence-corrected chi connectivity index (χ2v) is 4.21. The number of nitro benzene ring substituents is 1. The maximum atomic E-state index is 10.5. The summed E-state index contributed by atoms with van der Waals surface area (Å²) in [6, 6.07) is 6.19. The molecular weight excluding hydrogens is 232 g/mol. The summed E-state index contributed by atoms with van der Waals surface area (Å²) in [5.41, 5.74) is 0.251. The molecule has 0 aliphatic carbocycles. The molecule has 1 aliphatic rings. The van der Waals surface area contributed by atoms with Gasteiger partial charge in [0.1, 0.15) is 5.17 Å². The van der Waals surface area contributed by atoms with E-state index in [0.29, 0.717) is 11.6 Å². The van der Waals surface area contributed by atoms with Crippen LogP contribution in [0.15, 0.2) is 29.4 Å². The number of benzene rings is 1. The van der Waals surface area contributed by atoms with Crippen molar-refractivity contribution in [2.75, 3.05) is 0 Å². The number of non-ortho nitro benzene ring substituents is 1. The van der Waals surface area contributed by atoms with Crippen LogP contribution >= 0.6 is 11.6 Å². The van der Waals surface area contributed by atoms with Crippen LogP contribution < -0.4 is 0 Å². The quantitative estimate of drug-likeness (QED) is 0.590. The third kappa shape index (κ3) is 1.86. The third-order valence-corrected chi connectivity index (χ3v) is 2.72. The smallest absolute Gasteiger partial charge is 0.269 e. The van der Waals surface area contributed by atoms with Crippen molar-refractivity contribution >= 4 is 22.5 Å². The first kappa shape index (κ1) is 10.9. The molecule has 1 aromatic rings. The number of halogens is 1. The molecule has 16 heavy (non-hydrogen) atoms. The number of hydrogen-bond acceptors (Lipinski definition) is 4. The van der Waals surface area contributed by atoms with Crippen LogP contribution in [0.2, 0.25) is 0 Å². The number of hydrogen-bond donors (Lipinski definition) is 0. The highest BCUT2D eigenvalue weighted by atomic mass is 35.5. The van der Waals surface area contributed by atoms with Gasteiger partial charge in [-0.05, 0) is 24.6 Å². The van der Waals surface area contributed by atoms with Crippen LogP contribution in [0.3, 0.4) is 0 Å². The number of oxime groups is 1. The summed E-state index contributed by atoms with van der Waals surface area (Å²) in [4.78, 5) is 15.3. The highest BCUT2D eigenvalue weighted by molar-refractivity contribution is 6.65. The molecule has 0 spiro atoms. The van der Waals surface area contributed by atoms with Gasteiger partial charge < -0.3 is 4.84 Å². The van der Waals surface area contributed by atoms with Crippen molar-refractivity contribution in [2.45, 2.75) is 18.9 Å². The van der Waals surface area contributed by atoms with E-state index in [1.165, 1.54) is 12.1 Å². The number of rotatable bonds is 2.